The molecule has 3 aromatic rings. The van der Waals surface area contributed by atoms with Crippen LogP contribution in [0.4, 0.5) is 11.4 Å². The highest BCUT2D eigenvalue weighted by Crippen LogP contribution is 2.20. The van der Waals surface area contributed by atoms with Gasteiger partial charge in [-0.05, 0) is 48.5 Å². The minimum atomic E-state index is -3.67. The number of rotatable bonds is 9. The van der Waals surface area contributed by atoms with E-state index in [0.717, 1.165) is 5.69 Å². The van der Waals surface area contributed by atoms with Gasteiger partial charge in [0.05, 0.1) is 23.3 Å². The average Bonchev–Trinajstić information content (AvgIpc) is 2.78. The maximum Gasteiger partial charge on any atom is 0.253 e. The highest BCUT2D eigenvalue weighted by molar-refractivity contribution is 7.89. The molecule has 0 radical (unpaired) electrons. The molecule has 0 aliphatic carbocycles. The normalized spacial score (nSPS) is 11.0. The topological polar surface area (TPSA) is 96.5 Å². The van der Waals surface area contributed by atoms with Crippen LogP contribution in [0.25, 0.3) is 0 Å². The van der Waals surface area contributed by atoms with Crippen LogP contribution >= 0.6 is 0 Å². The molecular weight excluding hydrogens is 402 g/mol. The zero-order valence-electron chi connectivity index (χ0n) is 16.5. The summed E-state index contributed by atoms with van der Waals surface area (Å²) in [6, 6.07) is 22.7. The number of para-hydroxylation sites is 2. The molecule has 0 saturated heterocycles. The molecule has 3 aromatic carbocycles. The summed E-state index contributed by atoms with van der Waals surface area (Å²) in [5, 5.41) is 5.96. The van der Waals surface area contributed by atoms with E-state index in [0.29, 0.717) is 17.0 Å². The minimum absolute atomic E-state index is 0.0639. The zero-order valence-corrected chi connectivity index (χ0v) is 17.3. The molecule has 0 saturated carbocycles. The van der Waals surface area contributed by atoms with Crippen molar-refractivity contribution < 1.29 is 17.9 Å². The number of methoxy groups -OCH3 is 1. The average molecular weight is 426 g/mol. The Morgan fingerprint density at radius 3 is 2.23 bits per heavy atom. The van der Waals surface area contributed by atoms with Crippen molar-refractivity contribution >= 4 is 27.3 Å². The predicted octanol–water partition coefficient (Wildman–Crippen LogP) is 3.15. The second kappa shape index (κ2) is 9.91. The number of ether oxygens (including phenoxy) is 1. The standard InChI is InChI=1S/C22H23N3O4S/c1-29-18-11-13-19(14-12-18)30(27,28)24-16-15-23-22(26)20-9-5-6-10-21(20)25-17-7-3-2-4-8-17/h2-14,24-25H,15-16H2,1H3,(H,23,26). The number of sulfonamides is 1. The summed E-state index contributed by atoms with van der Waals surface area (Å²) in [6.45, 7) is 0.211. The van der Waals surface area contributed by atoms with E-state index in [2.05, 4.69) is 15.4 Å². The Balaban J connectivity index is 1.56. The van der Waals surface area contributed by atoms with Crippen molar-refractivity contribution in [2.24, 2.45) is 0 Å². The minimum Gasteiger partial charge on any atom is -0.497 e. The fraction of sp³-hybridized carbons (Fsp3) is 0.136. The fourth-order valence-electron chi connectivity index (χ4n) is 2.76. The van der Waals surface area contributed by atoms with E-state index < -0.39 is 10.0 Å². The monoisotopic (exact) mass is 425 g/mol. The van der Waals surface area contributed by atoms with Crippen LogP contribution in [-0.4, -0.2) is 34.5 Å². The van der Waals surface area contributed by atoms with Gasteiger partial charge in [0, 0.05) is 18.8 Å². The van der Waals surface area contributed by atoms with Crippen molar-refractivity contribution in [2.45, 2.75) is 4.90 Å². The predicted molar refractivity (Wildman–Crippen MR) is 117 cm³/mol. The van der Waals surface area contributed by atoms with Crippen LogP contribution < -0.4 is 20.1 Å². The van der Waals surface area contributed by atoms with E-state index >= 15 is 0 Å². The van der Waals surface area contributed by atoms with Gasteiger partial charge in [-0.1, -0.05) is 30.3 Å². The van der Waals surface area contributed by atoms with E-state index in [1.54, 1.807) is 24.3 Å². The smallest absolute Gasteiger partial charge is 0.253 e. The van der Waals surface area contributed by atoms with Crippen molar-refractivity contribution in [3.05, 3.63) is 84.4 Å². The van der Waals surface area contributed by atoms with Crippen molar-refractivity contribution in [1.29, 1.82) is 0 Å². The number of anilines is 2. The van der Waals surface area contributed by atoms with Crippen molar-refractivity contribution in [3.8, 4) is 5.75 Å². The first kappa shape index (κ1) is 21.4. The first-order chi connectivity index (χ1) is 14.5. The molecular formula is C22H23N3O4S. The number of carbonyl (C=O) groups is 1. The molecule has 3 rings (SSSR count). The van der Waals surface area contributed by atoms with E-state index in [9.17, 15) is 13.2 Å². The maximum atomic E-state index is 12.6. The molecule has 156 valence electrons. The largest absolute Gasteiger partial charge is 0.497 e. The van der Waals surface area contributed by atoms with Crippen LogP contribution in [0.5, 0.6) is 5.75 Å². The van der Waals surface area contributed by atoms with Gasteiger partial charge in [0.1, 0.15) is 5.75 Å². The molecule has 0 atom stereocenters. The SMILES string of the molecule is COc1ccc(S(=O)(=O)NCCNC(=O)c2ccccc2Nc2ccccc2)cc1. The molecule has 0 fully saturated rings. The van der Waals surface area contributed by atoms with Gasteiger partial charge in [-0.25, -0.2) is 13.1 Å². The second-order valence-electron chi connectivity index (χ2n) is 6.37. The lowest BCUT2D eigenvalue weighted by molar-refractivity contribution is 0.0955. The van der Waals surface area contributed by atoms with Crippen LogP contribution in [0.2, 0.25) is 0 Å². The first-order valence-corrected chi connectivity index (χ1v) is 10.8. The summed E-state index contributed by atoms with van der Waals surface area (Å²) in [6.07, 6.45) is 0. The molecule has 0 heterocycles. The molecule has 3 N–H and O–H groups in total. The third-order valence-corrected chi connectivity index (χ3v) is 5.77. The lowest BCUT2D eigenvalue weighted by Gasteiger charge is -2.13. The molecule has 8 heteroatoms. The lowest BCUT2D eigenvalue weighted by atomic mass is 10.1. The van der Waals surface area contributed by atoms with Crippen molar-refractivity contribution in [1.82, 2.24) is 10.0 Å². The molecule has 0 spiro atoms. The van der Waals surface area contributed by atoms with Gasteiger partial charge in [-0.3, -0.25) is 4.79 Å². The second-order valence-corrected chi connectivity index (χ2v) is 8.13. The molecule has 0 bridgehead atoms. The number of nitrogens with one attached hydrogen (secondary N) is 3. The van der Waals surface area contributed by atoms with Gasteiger partial charge in [-0.15, -0.1) is 0 Å². The van der Waals surface area contributed by atoms with Gasteiger partial charge in [-0.2, -0.15) is 0 Å². The van der Waals surface area contributed by atoms with Gasteiger partial charge >= 0.3 is 0 Å². The van der Waals surface area contributed by atoms with E-state index in [-0.39, 0.29) is 23.9 Å². The Bertz CT molecular complexity index is 1080. The molecule has 0 aromatic heterocycles. The number of hydrogen-bond donors (Lipinski definition) is 3. The van der Waals surface area contributed by atoms with E-state index in [1.165, 1.54) is 19.2 Å². The molecule has 0 aliphatic heterocycles. The lowest BCUT2D eigenvalue weighted by Crippen LogP contribution is -2.34. The Morgan fingerprint density at radius 1 is 0.867 bits per heavy atom. The van der Waals surface area contributed by atoms with E-state index in [4.69, 9.17) is 4.74 Å². The maximum absolute atomic E-state index is 12.6. The quantitative estimate of drug-likeness (QED) is 0.458. The molecule has 7 nitrogen and oxygen atoms in total. The third kappa shape index (κ3) is 5.59. The number of carbonyl (C=O) groups excluding carboxylic acids is 1. The van der Waals surface area contributed by atoms with Crippen molar-refractivity contribution in [2.75, 3.05) is 25.5 Å². The number of benzene rings is 3. The molecule has 0 unspecified atom stereocenters. The van der Waals surface area contributed by atoms with Gasteiger partial charge in [0.25, 0.3) is 5.91 Å². The summed E-state index contributed by atoms with van der Waals surface area (Å²) in [7, 11) is -2.15. The number of hydrogen-bond acceptors (Lipinski definition) is 5. The molecule has 1 amide bonds. The summed E-state index contributed by atoms with van der Waals surface area (Å²) in [5.74, 6) is 0.279. The Hall–Kier alpha value is -3.36. The van der Waals surface area contributed by atoms with Crippen LogP contribution in [-0.2, 0) is 10.0 Å². The van der Waals surface area contributed by atoms with Gasteiger partial charge < -0.3 is 15.4 Å². The Kier molecular flexibility index (Phi) is 7.05. The summed E-state index contributed by atoms with van der Waals surface area (Å²) >= 11 is 0. The highest BCUT2D eigenvalue weighted by Gasteiger charge is 2.14. The van der Waals surface area contributed by atoms with Gasteiger partial charge in [0.15, 0.2) is 0 Å². The van der Waals surface area contributed by atoms with Crippen LogP contribution in [0.15, 0.2) is 83.8 Å². The zero-order chi connectivity index (χ0) is 21.4. The van der Waals surface area contributed by atoms with Gasteiger partial charge in [0.2, 0.25) is 10.0 Å². The first-order valence-electron chi connectivity index (χ1n) is 9.32. The van der Waals surface area contributed by atoms with E-state index in [1.807, 2.05) is 42.5 Å². The van der Waals surface area contributed by atoms with Crippen LogP contribution in [0.3, 0.4) is 0 Å². The Labute approximate surface area is 176 Å². The van der Waals surface area contributed by atoms with Crippen LogP contribution in [0, 0.1) is 0 Å². The van der Waals surface area contributed by atoms with Crippen LogP contribution in [0.1, 0.15) is 10.4 Å². The summed E-state index contributed by atoms with van der Waals surface area (Å²) in [4.78, 5) is 12.7. The van der Waals surface area contributed by atoms with Crippen molar-refractivity contribution in [3.63, 3.8) is 0 Å². The Morgan fingerprint density at radius 2 is 1.53 bits per heavy atom. The molecule has 30 heavy (non-hydrogen) atoms. The summed E-state index contributed by atoms with van der Waals surface area (Å²) in [5.41, 5.74) is 2.00. The molecule has 0 aliphatic rings. The number of amides is 1. The highest BCUT2D eigenvalue weighted by atomic mass is 32.2. The third-order valence-electron chi connectivity index (χ3n) is 4.30. The summed E-state index contributed by atoms with van der Waals surface area (Å²) < 4.78 is 32.2. The fourth-order valence-corrected chi connectivity index (χ4v) is 3.79.